The Morgan fingerprint density at radius 1 is 0.973 bits per heavy atom. The molecule has 3 heterocycles. The van der Waals surface area contributed by atoms with Crippen LogP contribution in [0.4, 0.5) is 5.69 Å². The lowest BCUT2D eigenvalue weighted by Crippen LogP contribution is -2.51. The molecule has 184 valence electrons. The maximum Gasteiger partial charge on any atom is 0.224 e. The molecule has 2 unspecified atom stereocenters. The Labute approximate surface area is 217 Å². The zero-order valence-corrected chi connectivity index (χ0v) is 20.8. The Balaban J connectivity index is 1.30. The molecule has 0 aromatic heterocycles. The minimum absolute atomic E-state index is 0.0166. The molecule has 0 fully saturated rings. The Morgan fingerprint density at radius 3 is 2.46 bits per heavy atom. The van der Waals surface area contributed by atoms with Gasteiger partial charge >= 0.3 is 0 Å². The molecular formula is C31H29N5O. The maximum atomic E-state index is 12.4. The first-order chi connectivity index (χ1) is 18.1. The summed E-state index contributed by atoms with van der Waals surface area (Å²) in [7, 11) is 0. The van der Waals surface area contributed by atoms with Gasteiger partial charge in [0.25, 0.3) is 0 Å². The first kappa shape index (κ1) is 23.1. The van der Waals surface area contributed by atoms with Gasteiger partial charge in [-0.25, -0.2) is 4.90 Å². The standard InChI is InChI=1S/C31H29N5O/c1-23-33-34-31-18-20-35(27-11-6-3-7-12-27)30(28(31)13-8-19-36(23)31)26-16-14-25(15-17-26)22-32-29(37)21-24-9-4-2-5-10-24/h2-18,20,23H,19,21-22H2,1H3,(H,32,37). The van der Waals surface area contributed by atoms with Gasteiger partial charge in [-0.1, -0.05) is 84.9 Å². The first-order valence-electron chi connectivity index (χ1n) is 12.7. The SMILES string of the molecule is CC1N=NC23C=CN(c4ccccc4)C(c4ccc(CNC(=O)Cc5ccccc5)cc4)=C2C=CCN13. The van der Waals surface area contributed by atoms with Crippen LogP contribution in [0.1, 0.15) is 23.6 Å². The molecule has 0 radical (unpaired) electrons. The number of anilines is 1. The van der Waals surface area contributed by atoms with E-state index < -0.39 is 5.66 Å². The first-order valence-corrected chi connectivity index (χ1v) is 12.7. The molecule has 1 N–H and O–H groups in total. The van der Waals surface area contributed by atoms with Crippen molar-refractivity contribution in [2.45, 2.75) is 31.7 Å². The number of rotatable bonds is 6. The van der Waals surface area contributed by atoms with E-state index in [-0.39, 0.29) is 12.1 Å². The summed E-state index contributed by atoms with van der Waals surface area (Å²) in [6, 6.07) is 28.6. The highest BCUT2D eigenvalue weighted by Crippen LogP contribution is 2.47. The van der Waals surface area contributed by atoms with Crippen molar-refractivity contribution in [2.24, 2.45) is 10.2 Å². The van der Waals surface area contributed by atoms with E-state index in [9.17, 15) is 4.79 Å². The predicted molar refractivity (Wildman–Crippen MR) is 146 cm³/mol. The van der Waals surface area contributed by atoms with E-state index in [1.807, 2.05) is 36.4 Å². The van der Waals surface area contributed by atoms with Crippen LogP contribution in [0.3, 0.4) is 0 Å². The van der Waals surface area contributed by atoms with Crippen molar-refractivity contribution in [2.75, 3.05) is 11.4 Å². The van der Waals surface area contributed by atoms with Crippen molar-refractivity contribution in [3.8, 4) is 0 Å². The van der Waals surface area contributed by atoms with Crippen molar-refractivity contribution in [3.63, 3.8) is 0 Å². The number of carbonyl (C=O) groups excluding carboxylic acids is 1. The third-order valence-electron chi connectivity index (χ3n) is 7.16. The average molecular weight is 488 g/mol. The van der Waals surface area contributed by atoms with Crippen molar-refractivity contribution >= 4 is 17.3 Å². The van der Waals surface area contributed by atoms with E-state index in [0.29, 0.717) is 13.0 Å². The maximum absolute atomic E-state index is 12.4. The van der Waals surface area contributed by atoms with Crippen LogP contribution in [-0.2, 0) is 17.8 Å². The van der Waals surface area contributed by atoms with E-state index in [4.69, 9.17) is 5.11 Å². The fourth-order valence-electron chi connectivity index (χ4n) is 5.26. The molecule has 0 bridgehead atoms. The lowest BCUT2D eigenvalue weighted by Gasteiger charge is -2.43. The van der Waals surface area contributed by atoms with Gasteiger partial charge in [0.2, 0.25) is 5.91 Å². The summed E-state index contributed by atoms with van der Waals surface area (Å²) in [5.41, 5.74) is 5.85. The van der Waals surface area contributed by atoms with Gasteiger partial charge in [-0.3, -0.25) is 4.79 Å². The van der Waals surface area contributed by atoms with Crippen LogP contribution >= 0.6 is 0 Å². The summed E-state index contributed by atoms with van der Waals surface area (Å²) >= 11 is 0. The van der Waals surface area contributed by atoms with Crippen LogP contribution in [-0.4, -0.2) is 29.2 Å². The number of nitrogens with one attached hydrogen (secondary N) is 1. The fourth-order valence-corrected chi connectivity index (χ4v) is 5.26. The van der Waals surface area contributed by atoms with E-state index in [1.165, 1.54) is 0 Å². The molecule has 37 heavy (non-hydrogen) atoms. The molecule has 3 aliphatic heterocycles. The predicted octanol–water partition coefficient (Wildman–Crippen LogP) is 5.67. The van der Waals surface area contributed by atoms with Gasteiger partial charge in [0, 0.05) is 30.5 Å². The summed E-state index contributed by atoms with van der Waals surface area (Å²) in [6.45, 7) is 3.39. The molecule has 0 aliphatic carbocycles. The van der Waals surface area contributed by atoms with Crippen LogP contribution in [0.25, 0.3) is 5.70 Å². The third kappa shape index (κ3) is 4.30. The van der Waals surface area contributed by atoms with E-state index in [0.717, 1.165) is 40.2 Å². The number of carbonyl (C=O) groups is 1. The van der Waals surface area contributed by atoms with Crippen LogP contribution in [0.15, 0.2) is 125 Å². The van der Waals surface area contributed by atoms with Gasteiger partial charge < -0.3 is 10.2 Å². The summed E-state index contributed by atoms with van der Waals surface area (Å²) in [4.78, 5) is 17.0. The van der Waals surface area contributed by atoms with Crippen LogP contribution in [0.2, 0.25) is 0 Å². The minimum atomic E-state index is -0.584. The Morgan fingerprint density at radius 2 is 1.70 bits per heavy atom. The fraction of sp³-hybridized carbons (Fsp3) is 0.194. The molecule has 0 saturated carbocycles. The Bertz CT molecular complexity index is 1410. The molecule has 6 heteroatoms. The van der Waals surface area contributed by atoms with Crippen molar-refractivity contribution < 1.29 is 4.79 Å². The normalized spacial score (nSPS) is 22.2. The quantitative estimate of drug-likeness (QED) is 0.487. The van der Waals surface area contributed by atoms with Gasteiger partial charge in [-0.15, -0.1) is 0 Å². The summed E-state index contributed by atoms with van der Waals surface area (Å²) < 4.78 is 0. The largest absolute Gasteiger partial charge is 0.352 e. The Hall–Kier alpha value is -4.29. The molecule has 1 spiro atoms. The molecule has 6 rings (SSSR count). The highest BCUT2D eigenvalue weighted by atomic mass is 16.1. The summed E-state index contributed by atoms with van der Waals surface area (Å²) in [5.74, 6) is 0.0166. The molecule has 3 aromatic rings. The third-order valence-corrected chi connectivity index (χ3v) is 7.16. The molecule has 3 aromatic carbocycles. The number of hydrogen-bond acceptors (Lipinski definition) is 5. The van der Waals surface area contributed by atoms with E-state index in [2.05, 4.69) is 100 Å². The number of azo groups is 1. The van der Waals surface area contributed by atoms with Gasteiger partial charge in [-0.05, 0) is 41.8 Å². The molecular weight excluding hydrogens is 458 g/mol. The van der Waals surface area contributed by atoms with E-state index >= 15 is 0 Å². The molecule has 2 atom stereocenters. The second-order valence-electron chi connectivity index (χ2n) is 9.55. The highest BCUT2D eigenvalue weighted by Gasteiger charge is 2.49. The minimum Gasteiger partial charge on any atom is -0.352 e. The van der Waals surface area contributed by atoms with Crippen LogP contribution in [0, 0.1) is 0 Å². The summed E-state index contributed by atoms with van der Waals surface area (Å²) in [6.07, 6.45) is 9.07. The van der Waals surface area contributed by atoms with Crippen molar-refractivity contribution in [3.05, 3.63) is 132 Å². The number of nitrogens with zero attached hydrogens (tertiary/aromatic N) is 4. The second kappa shape index (κ2) is 9.64. The molecule has 6 nitrogen and oxygen atoms in total. The van der Waals surface area contributed by atoms with Crippen LogP contribution < -0.4 is 10.2 Å². The van der Waals surface area contributed by atoms with Gasteiger partial charge in [-0.2, -0.15) is 10.2 Å². The zero-order valence-electron chi connectivity index (χ0n) is 20.8. The highest BCUT2D eigenvalue weighted by molar-refractivity contribution is 5.88. The number of hydrogen-bond donors (Lipinski definition) is 1. The summed E-state index contributed by atoms with van der Waals surface area (Å²) in [5, 5.41) is 12.4. The van der Waals surface area contributed by atoms with Gasteiger partial charge in [0.05, 0.1) is 12.1 Å². The second-order valence-corrected chi connectivity index (χ2v) is 9.55. The number of para-hydroxylation sites is 1. The lowest BCUT2D eigenvalue weighted by atomic mass is 9.87. The number of amides is 1. The molecule has 0 saturated heterocycles. The van der Waals surface area contributed by atoms with Crippen molar-refractivity contribution in [1.29, 1.82) is 0 Å². The average Bonchev–Trinajstić information content (AvgIpc) is 3.28. The molecule has 1 amide bonds. The van der Waals surface area contributed by atoms with Crippen molar-refractivity contribution in [1.82, 2.24) is 10.2 Å². The Kier molecular flexibility index (Phi) is 6.02. The smallest absolute Gasteiger partial charge is 0.224 e. The number of benzene rings is 3. The van der Waals surface area contributed by atoms with E-state index in [1.54, 1.807) is 0 Å². The van der Waals surface area contributed by atoms with Crippen LogP contribution in [0.5, 0.6) is 0 Å². The topological polar surface area (TPSA) is 60.3 Å². The monoisotopic (exact) mass is 487 g/mol. The lowest BCUT2D eigenvalue weighted by molar-refractivity contribution is -0.120. The zero-order chi connectivity index (χ0) is 25.2. The molecule has 3 aliphatic rings. The van der Waals surface area contributed by atoms with Gasteiger partial charge in [0.15, 0.2) is 5.66 Å². The van der Waals surface area contributed by atoms with Gasteiger partial charge in [0.1, 0.15) is 6.17 Å².